The topological polar surface area (TPSA) is 58.9 Å². The number of ether oxygens (including phenoxy) is 2. The Bertz CT molecular complexity index is 385. The molecule has 0 spiro atoms. The molecule has 2 atom stereocenters. The van der Waals surface area contributed by atoms with E-state index in [0.29, 0.717) is 17.9 Å². The highest BCUT2D eigenvalue weighted by Crippen LogP contribution is 2.31. The van der Waals surface area contributed by atoms with E-state index in [4.69, 9.17) is 9.47 Å². The van der Waals surface area contributed by atoms with Crippen LogP contribution in [0.25, 0.3) is 0 Å². The molecule has 1 unspecified atom stereocenters. The Morgan fingerprint density at radius 2 is 2.00 bits per heavy atom. The summed E-state index contributed by atoms with van der Waals surface area (Å²) in [5.41, 5.74) is -0.0880. The van der Waals surface area contributed by atoms with Crippen LogP contribution in [0, 0.1) is 0 Å². The summed E-state index contributed by atoms with van der Waals surface area (Å²) >= 11 is 0. The highest BCUT2D eigenvalue weighted by atomic mass is 16.5. The van der Waals surface area contributed by atoms with Gasteiger partial charge in [0.2, 0.25) is 0 Å². The van der Waals surface area contributed by atoms with E-state index in [1.165, 1.54) is 0 Å². The Morgan fingerprint density at radius 3 is 2.50 bits per heavy atom. The molecule has 1 aromatic carbocycles. The fourth-order valence-electron chi connectivity index (χ4n) is 1.40. The van der Waals surface area contributed by atoms with Crippen molar-refractivity contribution in [2.45, 2.75) is 38.9 Å². The van der Waals surface area contributed by atoms with Crippen molar-refractivity contribution in [2.75, 3.05) is 13.7 Å². The number of hydrogen-bond donors (Lipinski definition) is 2. The number of benzene rings is 1. The van der Waals surface area contributed by atoms with Gasteiger partial charge in [0.05, 0.1) is 18.8 Å². The highest BCUT2D eigenvalue weighted by molar-refractivity contribution is 5.43. The highest BCUT2D eigenvalue weighted by Gasteiger charge is 2.19. The molecule has 102 valence electrons. The molecular weight excluding hydrogens is 232 g/mol. The Labute approximate surface area is 108 Å². The van der Waals surface area contributed by atoms with Crippen LogP contribution in [0.4, 0.5) is 0 Å². The van der Waals surface area contributed by atoms with Gasteiger partial charge in [0.1, 0.15) is 6.61 Å². The molecule has 0 radical (unpaired) electrons. The van der Waals surface area contributed by atoms with Gasteiger partial charge >= 0.3 is 0 Å². The van der Waals surface area contributed by atoms with Crippen LogP contribution in [0.3, 0.4) is 0 Å². The van der Waals surface area contributed by atoms with Crippen molar-refractivity contribution in [1.82, 2.24) is 0 Å². The van der Waals surface area contributed by atoms with Gasteiger partial charge in [-0.3, -0.25) is 0 Å². The average Bonchev–Trinajstić information content (AvgIpc) is 2.36. The number of aliphatic hydroxyl groups excluding tert-OH is 1. The molecule has 2 N–H and O–H groups in total. The van der Waals surface area contributed by atoms with Gasteiger partial charge in [-0.15, -0.1) is 0 Å². The predicted octanol–water partition coefficient (Wildman–Crippen LogP) is 2.29. The first-order chi connectivity index (χ1) is 8.39. The number of methoxy groups -OCH3 is 1. The van der Waals surface area contributed by atoms with E-state index in [9.17, 15) is 10.2 Å². The SMILES string of the molecule is CCC(C)(O)COc1ccc([C@@H](C)O)cc1OC. The molecular formula is C14H22O4. The van der Waals surface area contributed by atoms with Crippen LogP contribution < -0.4 is 9.47 Å². The number of hydrogen-bond acceptors (Lipinski definition) is 4. The van der Waals surface area contributed by atoms with Crippen LogP contribution in [0.5, 0.6) is 11.5 Å². The van der Waals surface area contributed by atoms with Crippen molar-refractivity contribution in [3.63, 3.8) is 0 Å². The van der Waals surface area contributed by atoms with E-state index in [-0.39, 0.29) is 6.61 Å². The zero-order valence-corrected chi connectivity index (χ0v) is 11.4. The fraction of sp³-hybridized carbons (Fsp3) is 0.571. The predicted molar refractivity (Wildman–Crippen MR) is 70.0 cm³/mol. The smallest absolute Gasteiger partial charge is 0.161 e. The molecule has 0 saturated heterocycles. The van der Waals surface area contributed by atoms with E-state index < -0.39 is 11.7 Å². The molecule has 0 bridgehead atoms. The first-order valence-corrected chi connectivity index (χ1v) is 6.11. The molecule has 0 aliphatic carbocycles. The summed E-state index contributed by atoms with van der Waals surface area (Å²) in [5.74, 6) is 1.12. The summed E-state index contributed by atoms with van der Waals surface area (Å²) < 4.78 is 10.8. The van der Waals surface area contributed by atoms with Gasteiger partial charge in [0, 0.05) is 0 Å². The summed E-state index contributed by atoms with van der Waals surface area (Å²) in [6.45, 7) is 5.52. The molecule has 0 fully saturated rings. The maximum Gasteiger partial charge on any atom is 0.161 e. The molecule has 1 rings (SSSR count). The second-order valence-electron chi connectivity index (χ2n) is 4.73. The van der Waals surface area contributed by atoms with Crippen LogP contribution in [0.1, 0.15) is 38.9 Å². The number of aliphatic hydroxyl groups is 2. The maximum absolute atomic E-state index is 9.89. The van der Waals surface area contributed by atoms with Crippen LogP contribution in [-0.4, -0.2) is 29.5 Å². The molecule has 4 nitrogen and oxygen atoms in total. The summed E-state index contributed by atoms with van der Waals surface area (Å²) in [6.07, 6.45) is 0.0628. The molecule has 0 aromatic heterocycles. The van der Waals surface area contributed by atoms with Crippen molar-refractivity contribution in [3.8, 4) is 11.5 Å². The molecule has 18 heavy (non-hydrogen) atoms. The Morgan fingerprint density at radius 1 is 1.33 bits per heavy atom. The van der Waals surface area contributed by atoms with Crippen molar-refractivity contribution in [3.05, 3.63) is 23.8 Å². The van der Waals surface area contributed by atoms with E-state index >= 15 is 0 Å². The van der Waals surface area contributed by atoms with Crippen molar-refractivity contribution in [1.29, 1.82) is 0 Å². The van der Waals surface area contributed by atoms with Gasteiger partial charge in [0.15, 0.2) is 11.5 Å². The molecule has 1 aromatic rings. The lowest BCUT2D eigenvalue weighted by Crippen LogP contribution is -2.31. The summed E-state index contributed by atoms with van der Waals surface area (Å²) in [5, 5.41) is 19.4. The standard InChI is InChI=1S/C14H22O4/c1-5-14(3,16)9-18-12-7-6-11(10(2)15)8-13(12)17-4/h6-8,10,15-16H,5,9H2,1-4H3/t10-,14?/m1/s1. The lowest BCUT2D eigenvalue weighted by molar-refractivity contribution is 0.00772. The van der Waals surface area contributed by atoms with E-state index in [0.717, 1.165) is 5.56 Å². The van der Waals surface area contributed by atoms with Crippen molar-refractivity contribution < 1.29 is 19.7 Å². The first kappa shape index (κ1) is 14.8. The Balaban J connectivity index is 2.83. The van der Waals surface area contributed by atoms with E-state index in [1.807, 2.05) is 6.92 Å². The van der Waals surface area contributed by atoms with Crippen LogP contribution in [0.15, 0.2) is 18.2 Å². The van der Waals surface area contributed by atoms with Gasteiger partial charge in [-0.05, 0) is 38.0 Å². The molecule has 0 saturated carbocycles. The minimum atomic E-state index is -0.853. The molecule has 4 heteroatoms. The Hall–Kier alpha value is -1.26. The summed E-state index contributed by atoms with van der Waals surface area (Å²) in [7, 11) is 1.55. The van der Waals surface area contributed by atoms with Crippen molar-refractivity contribution >= 4 is 0 Å². The van der Waals surface area contributed by atoms with Crippen LogP contribution >= 0.6 is 0 Å². The zero-order valence-electron chi connectivity index (χ0n) is 11.4. The monoisotopic (exact) mass is 254 g/mol. The average molecular weight is 254 g/mol. The number of rotatable bonds is 6. The van der Waals surface area contributed by atoms with Gasteiger partial charge in [-0.1, -0.05) is 13.0 Å². The quantitative estimate of drug-likeness (QED) is 0.817. The Kier molecular flexibility index (Phi) is 4.99. The van der Waals surface area contributed by atoms with Gasteiger partial charge in [0.25, 0.3) is 0 Å². The summed E-state index contributed by atoms with van der Waals surface area (Å²) in [4.78, 5) is 0. The van der Waals surface area contributed by atoms with Crippen LogP contribution in [-0.2, 0) is 0 Å². The van der Waals surface area contributed by atoms with Gasteiger partial charge in [-0.25, -0.2) is 0 Å². The second-order valence-corrected chi connectivity index (χ2v) is 4.73. The van der Waals surface area contributed by atoms with Gasteiger partial charge < -0.3 is 19.7 Å². The molecule has 0 amide bonds. The normalized spacial score (nSPS) is 15.9. The molecule has 0 aliphatic heterocycles. The molecule has 0 heterocycles. The zero-order chi connectivity index (χ0) is 13.8. The fourth-order valence-corrected chi connectivity index (χ4v) is 1.40. The van der Waals surface area contributed by atoms with E-state index in [1.54, 1.807) is 39.2 Å². The lowest BCUT2D eigenvalue weighted by Gasteiger charge is -2.22. The second kappa shape index (κ2) is 6.07. The van der Waals surface area contributed by atoms with Gasteiger partial charge in [-0.2, -0.15) is 0 Å². The minimum absolute atomic E-state index is 0.202. The van der Waals surface area contributed by atoms with Crippen molar-refractivity contribution in [2.24, 2.45) is 0 Å². The third-order valence-electron chi connectivity index (χ3n) is 2.97. The largest absolute Gasteiger partial charge is 0.493 e. The summed E-state index contributed by atoms with van der Waals surface area (Å²) in [6, 6.07) is 5.26. The lowest BCUT2D eigenvalue weighted by atomic mass is 10.1. The third-order valence-corrected chi connectivity index (χ3v) is 2.97. The first-order valence-electron chi connectivity index (χ1n) is 6.11. The molecule has 0 aliphatic rings. The van der Waals surface area contributed by atoms with Crippen LogP contribution in [0.2, 0.25) is 0 Å². The minimum Gasteiger partial charge on any atom is -0.493 e. The van der Waals surface area contributed by atoms with E-state index in [2.05, 4.69) is 0 Å². The maximum atomic E-state index is 9.89. The third kappa shape index (κ3) is 3.89.